The third-order valence-electron chi connectivity index (χ3n) is 4.17. The van der Waals surface area contributed by atoms with Gasteiger partial charge in [-0.05, 0) is 43.0 Å². The third-order valence-corrected chi connectivity index (χ3v) is 4.17. The van der Waals surface area contributed by atoms with E-state index in [2.05, 4.69) is 43.1 Å². The summed E-state index contributed by atoms with van der Waals surface area (Å²) in [5.41, 5.74) is 5.07. The number of carbonyl (C=O) groups excluding carboxylic acids is 1. The summed E-state index contributed by atoms with van der Waals surface area (Å²) < 4.78 is 0. The maximum Gasteiger partial charge on any atom is 0.151 e. The molecular weight excluding hydrogens is 236 g/mol. The fraction of sp³-hybridized carbons (Fsp3) is 0.562. The van der Waals surface area contributed by atoms with Gasteiger partial charge in [-0.3, -0.25) is 9.69 Å². The molecule has 1 aliphatic rings. The Kier molecular flexibility index (Phi) is 4.72. The van der Waals surface area contributed by atoms with Crippen LogP contribution in [0.2, 0.25) is 0 Å². The summed E-state index contributed by atoms with van der Waals surface area (Å²) in [6, 6.07) is 4.23. The van der Waals surface area contributed by atoms with E-state index < -0.39 is 0 Å². The topological polar surface area (TPSA) is 32.3 Å². The number of Topliss-reactive ketones (excluding diaryl/α,β-unsaturated/α-hetero) is 1. The molecule has 3 nitrogen and oxygen atoms in total. The first-order chi connectivity index (χ1) is 9.08. The molecule has 0 unspecified atom stereocenters. The lowest BCUT2D eigenvalue weighted by atomic mass is 9.95. The first-order valence-electron chi connectivity index (χ1n) is 7.08. The normalized spacial score (nSPS) is 16.6. The lowest BCUT2D eigenvalue weighted by Crippen LogP contribution is -2.45. The van der Waals surface area contributed by atoms with E-state index in [1.807, 2.05) is 0 Å². The number of carbonyl (C=O) groups is 1. The van der Waals surface area contributed by atoms with E-state index in [1.165, 1.54) is 22.3 Å². The maximum atomic E-state index is 12.2. The van der Waals surface area contributed by atoms with Crippen LogP contribution in [0.25, 0.3) is 0 Å². The fourth-order valence-electron chi connectivity index (χ4n) is 2.59. The van der Waals surface area contributed by atoms with E-state index in [4.69, 9.17) is 0 Å². The zero-order chi connectivity index (χ0) is 13.8. The van der Waals surface area contributed by atoms with Crippen LogP contribution < -0.4 is 5.32 Å². The summed E-state index contributed by atoms with van der Waals surface area (Å²) in [5.74, 6) is 0.327. The molecule has 1 N–H and O–H groups in total. The van der Waals surface area contributed by atoms with Gasteiger partial charge < -0.3 is 5.32 Å². The lowest BCUT2D eigenvalue weighted by molar-refractivity contribution is -0.119. The Bertz CT molecular complexity index is 462. The predicted octanol–water partition coefficient (Wildman–Crippen LogP) is 1.63. The Morgan fingerprint density at radius 2 is 1.84 bits per heavy atom. The number of nitrogens with zero attached hydrogens (tertiary/aromatic N) is 1. The smallest absolute Gasteiger partial charge is 0.151 e. The molecule has 104 valence electrons. The van der Waals surface area contributed by atoms with E-state index in [1.54, 1.807) is 0 Å². The average Bonchev–Trinajstić information content (AvgIpc) is 2.41. The molecule has 1 fully saturated rings. The highest BCUT2D eigenvalue weighted by atomic mass is 16.1. The van der Waals surface area contributed by atoms with Gasteiger partial charge in [0.25, 0.3) is 0 Å². The van der Waals surface area contributed by atoms with E-state index in [0.29, 0.717) is 18.7 Å². The van der Waals surface area contributed by atoms with Crippen LogP contribution in [0, 0.1) is 20.8 Å². The first kappa shape index (κ1) is 14.2. The van der Waals surface area contributed by atoms with Crippen molar-refractivity contribution in [1.29, 1.82) is 0 Å². The van der Waals surface area contributed by atoms with E-state index >= 15 is 0 Å². The van der Waals surface area contributed by atoms with Crippen molar-refractivity contribution >= 4 is 5.78 Å². The Labute approximate surface area is 116 Å². The Balaban J connectivity index is 1.97. The van der Waals surface area contributed by atoms with Crippen molar-refractivity contribution in [2.45, 2.75) is 27.2 Å². The van der Waals surface area contributed by atoms with Crippen molar-refractivity contribution < 1.29 is 4.79 Å². The Hall–Kier alpha value is -1.19. The number of rotatable bonds is 4. The summed E-state index contributed by atoms with van der Waals surface area (Å²) in [4.78, 5) is 14.4. The quantitative estimate of drug-likeness (QED) is 0.893. The molecule has 1 aliphatic heterocycles. The molecule has 0 aromatic heterocycles. The molecule has 1 saturated heterocycles. The summed E-state index contributed by atoms with van der Waals surface area (Å²) in [6.07, 6.45) is 0.566. The van der Waals surface area contributed by atoms with Crippen LogP contribution in [-0.2, 0) is 11.2 Å². The van der Waals surface area contributed by atoms with Gasteiger partial charge in [0.2, 0.25) is 0 Å². The highest BCUT2D eigenvalue weighted by Gasteiger charge is 2.15. The van der Waals surface area contributed by atoms with Gasteiger partial charge in [0, 0.05) is 32.6 Å². The van der Waals surface area contributed by atoms with E-state index in [-0.39, 0.29) is 0 Å². The second kappa shape index (κ2) is 6.31. The van der Waals surface area contributed by atoms with Gasteiger partial charge in [0.05, 0.1) is 6.54 Å². The SMILES string of the molecule is Cc1ccc(CC(=O)CN2CCNCC2)c(C)c1C. The molecule has 2 rings (SSSR count). The molecule has 0 amide bonds. The van der Waals surface area contributed by atoms with Crippen molar-refractivity contribution in [3.63, 3.8) is 0 Å². The van der Waals surface area contributed by atoms with Gasteiger partial charge in [-0.1, -0.05) is 12.1 Å². The molecule has 0 aliphatic carbocycles. The Morgan fingerprint density at radius 1 is 1.16 bits per heavy atom. The molecule has 0 atom stereocenters. The largest absolute Gasteiger partial charge is 0.314 e. The van der Waals surface area contributed by atoms with Gasteiger partial charge in [0.1, 0.15) is 0 Å². The standard InChI is InChI=1S/C16H24N2O/c1-12-4-5-15(14(3)13(12)2)10-16(19)11-18-8-6-17-7-9-18/h4-5,17H,6-11H2,1-3H3. The number of hydrogen-bond acceptors (Lipinski definition) is 3. The lowest BCUT2D eigenvalue weighted by Gasteiger charge is -2.26. The monoisotopic (exact) mass is 260 g/mol. The van der Waals surface area contributed by atoms with Crippen molar-refractivity contribution in [3.05, 3.63) is 34.4 Å². The minimum absolute atomic E-state index is 0.327. The van der Waals surface area contributed by atoms with Crippen LogP contribution >= 0.6 is 0 Å². The maximum absolute atomic E-state index is 12.2. The van der Waals surface area contributed by atoms with Crippen LogP contribution in [0.5, 0.6) is 0 Å². The molecule has 19 heavy (non-hydrogen) atoms. The van der Waals surface area contributed by atoms with Gasteiger partial charge in [-0.25, -0.2) is 0 Å². The van der Waals surface area contributed by atoms with Crippen molar-refractivity contribution in [3.8, 4) is 0 Å². The van der Waals surface area contributed by atoms with Crippen molar-refractivity contribution in [2.75, 3.05) is 32.7 Å². The van der Waals surface area contributed by atoms with Crippen LogP contribution in [0.1, 0.15) is 22.3 Å². The predicted molar refractivity (Wildman–Crippen MR) is 78.7 cm³/mol. The summed E-state index contributed by atoms with van der Waals surface area (Å²) >= 11 is 0. The minimum Gasteiger partial charge on any atom is -0.314 e. The second-order valence-corrected chi connectivity index (χ2v) is 5.53. The highest BCUT2D eigenvalue weighted by Crippen LogP contribution is 2.17. The molecular formula is C16H24N2O. The van der Waals surface area contributed by atoms with Crippen LogP contribution in [-0.4, -0.2) is 43.4 Å². The van der Waals surface area contributed by atoms with Crippen molar-refractivity contribution in [2.24, 2.45) is 0 Å². The van der Waals surface area contributed by atoms with Crippen molar-refractivity contribution in [1.82, 2.24) is 10.2 Å². The number of aryl methyl sites for hydroxylation is 1. The molecule has 3 heteroatoms. The molecule has 0 spiro atoms. The molecule has 1 aromatic rings. The van der Waals surface area contributed by atoms with E-state index in [0.717, 1.165) is 26.2 Å². The van der Waals surface area contributed by atoms with Crippen LogP contribution in [0.15, 0.2) is 12.1 Å². The first-order valence-corrected chi connectivity index (χ1v) is 7.08. The van der Waals surface area contributed by atoms with Gasteiger partial charge in [-0.15, -0.1) is 0 Å². The van der Waals surface area contributed by atoms with Crippen LogP contribution in [0.4, 0.5) is 0 Å². The summed E-state index contributed by atoms with van der Waals surface area (Å²) in [5, 5.41) is 3.31. The fourth-order valence-corrected chi connectivity index (χ4v) is 2.59. The summed E-state index contributed by atoms with van der Waals surface area (Å²) in [7, 11) is 0. The van der Waals surface area contributed by atoms with E-state index in [9.17, 15) is 4.79 Å². The number of benzene rings is 1. The molecule has 0 saturated carbocycles. The van der Waals surface area contributed by atoms with Crippen LogP contribution in [0.3, 0.4) is 0 Å². The van der Waals surface area contributed by atoms with Gasteiger partial charge in [-0.2, -0.15) is 0 Å². The molecule has 0 radical (unpaired) electrons. The molecule has 1 aromatic carbocycles. The number of hydrogen-bond donors (Lipinski definition) is 1. The molecule has 1 heterocycles. The minimum atomic E-state index is 0.327. The molecule has 0 bridgehead atoms. The zero-order valence-corrected chi connectivity index (χ0v) is 12.3. The summed E-state index contributed by atoms with van der Waals surface area (Å²) in [6.45, 7) is 10.9. The Morgan fingerprint density at radius 3 is 2.53 bits per heavy atom. The third kappa shape index (κ3) is 3.64. The number of piperazine rings is 1. The highest BCUT2D eigenvalue weighted by molar-refractivity contribution is 5.83. The average molecular weight is 260 g/mol. The second-order valence-electron chi connectivity index (χ2n) is 5.53. The number of ketones is 1. The number of nitrogens with one attached hydrogen (secondary N) is 1. The van der Waals surface area contributed by atoms with Gasteiger partial charge in [0.15, 0.2) is 5.78 Å². The van der Waals surface area contributed by atoms with Gasteiger partial charge >= 0.3 is 0 Å². The zero-order valence-electron chi connectivity index (χ0n) is 12.3.